The maximum absolute atomic E-state index is 12.9. The van der Waals surface area contributed by atoms with E-state index in [0.29, 0.717) is 17.4 Å². The molecule has 0 amide bonds. The molecule has 0 aromatic rings. The van der Waals surface area contributed by atoms with E-state index in [1.165, 1.54) is 283 Å². The van der Waals surface area contributed by atoms with Gasteiger partial charge in [-0.25, -0.2) is 4.57 Å². The Hall–Kier alpha value is -1.51. The Morgan fingerprint density at radius 3 is 1.00 bits per heavy atom. The number of unbranched alkanes of at least 4 members (excludes halogenated alkanes) is 47. The predicted octanol–water partition coefficient (Wildman–Crippen LogP) is 22.1. The summed E-state index contributed by atoms with van der Waals surface area (Å²) < 4.78 is 34.7. The molecule has 0 saturated heterocycles. The molecule has 0 fully saturated rings. The largest absolute Gasteiger partial charge is 0.472 e. The molecule has 10 heteroatoms. The zero-order chi connectivity index (χ0) is 57.7. The first-order chi connectivity index (χ1) is 38.5. The number of phosphoric ester groups is 1. The van der Waals surface area contributed by atoms with Crippen LogP contribution < -0.4 is 0 Å². The summed E-state index contributed by atoms with van der Waals surface area (Å²) in [5, 5.41) is 0. The molecule has 0 bridgehead atoms. The molecule has 0 aliphatic heterocycles. The van der Waals surface area contributed by atoms with Crippen LogP contribution in [0.15, 0.2) is 24.3 Å². The zero-order valence-electron chi connectivity index (χ0n) is 53.4. The van der Waals surface area contributed by atoms with E-state index in [9.17, 15) is 19.0 Å². The first-order valence-electron chi connectivity index (χ1n) is 34.6. The van der Waals surface area contributed by atoms with Gasteiger partial charge in [0.25, 0.3) is 0 Å². The first-order valence-corrected chi connectivity index (χ1v) is 36.1. The van der Waals surface area contributed by atoms with Gasteiger partial charge in [-0.1, -0.05) is 321 Å². The molecule has 0 heterocycles. The van der Waals surface area contributed by atoms with Crippen LogP contribution in [0.3, 0.4) is 0 Å². The lowest BCUT2D eigenvalue weighted by Crippen LogP contribution is -2.37. The van der Waals surface area contributed by atoms with Gasteiger partial charge in [-0.15, -0.1) is 0 Å². The van der Waals surface area contributed by atoms with Crippen molar-refractivity contribution in [3.8, 4) is 0 Å². The van der Waals surface area contributed by atoms with E-state index in [-0.39, 0.29) is 25.6 Å². The van der Waals surface area contributed by atoms with Crippen molar-refractivity contribution in [1.82, 2.24) is 0 Å². The molecule has 2 atom stereocenters. The number of hydrogen-bond donors (Lipinski definition) is 1. The summed E-state index contributed by atoms with van der Waals surface area (Å²) in [7, 11) is 1.50. The average Bonchev–Trinajstić information content (AvgIpc) is 3.41. The summed E-state index contributed by atoms with van der Waals surface area (Å²) in [5.74, 6) is -0.773. The Labute approximate surface area is 491 Å². The minimum atomic E-state index is -4.38. The zero-order valence-corrected chi connectivity index (χ0v) is 54.3. The number of esters is 2. The van der Waals surface area contributed by atoms with Gasteiger partial charge in [0.1, 0.15) is 19.8 Å². The maximum atomic E-state index is 12.9. The van der Waals surface area contributed by atoms with Crippen molar-refractivity contribution in [3.63, 3.8) is 0 Å². The number of hydrogen-bond acceptors (Lipinski definition) is 7. The highest BCUT2D eigenvalue weighted by atomic mass is 31.2. The number of phosphoric acid groups is 1. The fraction of sp³-hybridized carbons (Fsp3) is 0.913. The van der Waals surface area contributed by atoms with Crippen molar-refractivity contribution in [3.05, 3.63) is 24.3 Å². The number of nitrogens with zero attached hydrogens (tertiary/aromatic N) is 1. The molecule has 0 radical (unpaired) electrons. The molecule has 0 rings (SSSR count). The van der Waals surface area contributed by atoms with Crippen LogP contribution in [-0.4, -0.2) is 74.9 Å². The smallest absolute Gasteiger partial charge is 0.462 e. The molecular formula is C69H135NO8P+. The number of ether oxygens (including phenoxy) is 2. The molecule has 79 heavy (non-hydrogen) atoms. The quantitative estimate of drug-likeness (QED) is 0.0211. The lowest BCUT2D eigenvalue weighted by molar-refractivity contribution is -0.870. The lowest BCUT2D eigenvalue weighted by atomic mass is 10.0. The SMILES string of the molecule is CCCCCCC/C=C\C/C=C\CCCCCCCCCCCCCCCCCCCCCCCCCC(=O)OC(COC(=O)CCCCCCCCCCCCCCCCCCCCCC)COP(=O)(O)OCC[N+](C)(C)C. The van der Waals surface area contributed by atoms with Gasteiger partial charge in [0.05, 0.1) is 27.7 Å². The molecule has 0 aromatic heterocycles. The van der Waals surface area contributed by atoms with Crippen molar-refractivity contribution in [1.29, 1.82) is 0 Å². The van der Waals surface area contributed by atoms with Crippen LogP contribution in [-0.2, 0) is 32.7 Å². The number of rotatable bonds is 65. The van der Waals surface area contributed by atoms with E-state index in [4.69, 9.17) is 18.5 Å². The lowest BCUT2D eigenvalue weighted by Gasteiger charge is -2.24. The van der Waals surface area contributed by atoms with Gasteiger partial charge >= 0.3 is 19.8 Å². The molecule has 468 valence electrons. The molecule has 9 nitrogen and oxygen atoms in total. The summed E-state index contributed by atoms with van der Waals surface area (Å²) in [6.45, 7) is 4.50. The van der Waals surface area contributed by atoms with E-state index < -0.39 is 26.5 Å². The minimum Gasteiger partial charge on any atom is -0.462 e. The molecule has 0 aliphatic rings. The molecular weight excluding hydrogens is 1000 g/mol. The van der Waals surface area contributed by atoms with Gasteiger partial charge in [-0.05, 0) is 44.9 Å². The van der Waals surface area contributed by atoms with E-state index >= 15 is 0 Å². The van der Waals surface area contributed by atoms with E-state index in [2.05, 4.69) is 38.2 Å². The van der Waals surface area contributed by atoms with Crippen LogP contribution in [0.1, 0.15) is 354 Å². The number of carbonyl (C=O) groups is 2. The standard InChI is InChI=1S/C69H134NO8P/c1-6-8-10-12-14-16-18-20-22-24-26-28-29-30-31-32-33-34-35-36-37-38-39-40-41-42-44-46-48-50-52-54-56-58-60-62-69(72)78-67(66-77-79(73,74)76-64-63-70(3,4)5)65-75-68(71)61-59-57-55-53-51-49-47-45-43-27-25-23-21-19-17-15-13-11-9-7-2/h18,20,24,26,67H,6-17,19,21-23,25,27-66H2,1-5H3/p+1/b20-18-,26-24-. The Kier molecular flexibility index (Phi) is 59.9. The highest BCUT2D eigenvalue weighted by molar-refractivity contribution is 7.47. The number of allylic oxidation sites excluding steroid dienone is 4. The van der Waals surface area contributed by atoms with Crippen molar-refractivity contribution >= 4 is 19.8 Å². The highest BCUT2D eigenvalue weighted by Gasteiger charge is 2.27. The van der Waals surface area contributed by atoms with Crippen molar-refractivity contribution in [2.45, 2.75) is 360 Å². The van der Waals surface area contributed by atoms with Gasteiger partial charge in [0.15, 0.2) is 6.10 Å². The Balaban J connectivity index is 3.95. The van der Waals surface area contributed by atoms with Crippen LogP contribution >= 0.6 is 7.82 Å². The maximum Gasteiger partial charge on any atom is 0.472 e. The number of quaternary nitrogens is 1. The fourth-order valence-electron chi connectivity index (χ4n) is 10.4. The predicted molar refractivity (Wildman–Crippen MR) is 340 cm³/mol. The summed E-state index contributed by atoms with van der Waals surface area (Å²) >= 11 is 0. The second kappa shape index (κ2) is 61.1. The highest BCUT2D eigenvalue weighted by Crippen LogP contribution is 2.43. The summed E-state index contributed by atoms with van der Waals surface area (Å²) in [5.41, 5.74) is 0. The molecule has 0 aliphatic carbocycles. The van der Waals surface area contributed by atoms with Crippen LogP contribution in [0.4, 0.5) is 0 Å². The minimum absolute atomic E-state index is 0.0361. The third kappa shape index (κ3) is 65.5. The van der Waals surface area contributed by atoms with Crippen LogP contribution in [0.2, 0.25) is 0 Å². The summed E-state index contributed by atoms with van der Waals surface area (Å²) in [6.07, 6.45) is 75.7. The second-order valence-corrected chi connectivity index (χ2v) is 26.4. The van der Waals surface area contributed by atoms with Crippen molar-refractivity contribution in [2.24, 2.45) is 0 Å². The summed E-state index contributed by atoms with van der Waals surface area (Å²) in [6, 6.07) is 0. The van der Waals surface area contributed by atoms with Crippen LogP contribution in [0, 0.1) is 0 Å². The third-order valence-corrected chi connectivity index (χ3v) is 16.7. The number of likely N-dealkylation sites (N-methyl/N-ethyl adjacent to an activating group) is 1. The molecule has 0 saturated carbocycles. The molecule has 0 aromatic carbocycles. The van der Waals surface area contributed by atoms with Gasteiger partial charge < -0.3 is 18.9 Å². The van der Waals surface area contributed by atoms with Crippen molar-refractivity contribution in [2.75, 3.05) is 47.5 Å². The van der Waals surface area contributed by atoms with E-state index in [0.717, 1.165) is 44.9 Å². The van der Waals surface area contributed by atoms with Gasteiger partial charge in [0.2, 0.25) is 0 Å². The molecule has 0 spiro atoms. The van der Waals surface area contributed by atoms with Gasteiger partial charge in [-0.2, -0.15) is 0 Å². The Bertz CT molecular complexity index is 1380. The molecule has 1 N–H and O–H groups in total. The third-order valence-electron chi connectivity index (χ3n) is 15.7. The van der Waals surface area contributed by atoms with Gasteiger partial charge in [-0.3, -0.25) is 18.6 Å². The normalized spacial score (nSPS) is 13.2. The second-order valence-electron chi connectivity index (χ2n) is 24.9. The number of carbonyl (C=O) groups excluding carboxylic acids is 2. The monoisotopic (exact) mass is 1140 g/mol. The van der Waals surface area contributed by atoms with Gasteiger partial charge in [0, 0.05) is 12.8 Å². The van der Waals surface area contributed by atoms with E-state index in [1.807, 2.05) is 21.1 Å². The first kappa shape index (κ1) is 77.5. The fourth-order valence-corrected chi connectivity index (χ4v) is 11.1. The van der Waals surface area contributed by atoms with Crippen LogP contribution in [0.25, 0.3) is 0 Å². The molecule has 2 unspecified atom stereocenters. The topological polar surface area (TPSA) is 108 Å². The Morgan fingerprint density at radius 2 is 0.684 bits per heavy atom. The van der Waals surface area contributed by atoms with Crippen molar-refractivity contribution < 1.29 is 42.1 Å². The summed E-state index contributed by atoms with van der Waals surface area (Å²) in [4.78, 5) is 35.8. The average molecular weight is 1140 g/mol. The van der Waals surface area contributed by atoms with Crippen LogP contribution in [0.5, 0.6) is 0 Å². The van der Waals surface area contributed by atoms with E-state index in [1.54, 1.807) is 0 Å². The Morgan fingerprint density at radius 1 is 0.392 bits per heavy atom.